The first-order valence-corrected chi connectivity index (χ1v) is 7.93. The molecule has 1 fully saturated rings. The Morgan fingerprint density at radius 3 is 2.79 bits per heavy atom. The lowest BCUT2D eigenvalue weighted by molar-refractivity contribution is -0.124. The summed E-state index contributed by atoms with van der Waals surface area (Å²) < 4.78 is 40.4. The number of amides is 1. The minimum atomic E-state index is -4.05. The zero-order valence-electron chi connectivity index (χ0n) is 9.82. The van der Waals surface area contributed by atoms with Gasteiger partial charge in [-0.3, -0.25) is 4.79 Å². The van der Waals surface area contributed by atoms with E-state index in [1.54, 1.807) is 0 Å². The summed E-state index contributed by atoms with van der Waals surface area (Å²) in [5.41, 5.74) is 0. The van der Waals surface area contributed by atoms with Crippen LogP contribution < -0.4 is 10.0 Å². The maximum atomic E-state index is 13.6. The maximum Gasteiger partial charge on any atom is 0.244 e. The molecule has 0 aliphatic carbocycles. The van der Waals surface area contributed by atoms with Crippen LogP contribution in [0.2, 0.25) is 0 Å². The third-order valence-electron chi connectivity index (χ3n) is 2.77. The number of rotatable bonds is 3. The van der Waals surface area contributed by atoms with Crippen molar-refractivity contribution >= 4 is 31.9 Å². The molecule has 8 heteroatoms. The molecule has 5 nitrogen and oxygen atoms in total. The van der Waals surface area contributed by atoms with Crippen LogP contribution >= 0.6 is 15.9 Å². The van der Waals surface area contributed by atoms with Gasteiger partial charge in [-0.15, -0.1) is 0 Å². The molecule has 0 bridgehead atoms. The molecule has 1 amide bonds. The fourth-order valence-corrected chi connectivity index (χ4v) is 3.45. The fourth-order valence-electron chi connectivity index (χ4n) is 1.83. The average Bonchev–Trinajstić information content (AvgIpc) is 2.31. The van der Waals surface area contributed by atoms with Gasteiger partial charge in [0.25, 0.3) is 0 Å². The highest BCUT2D eigenvalue weighted by Crippen LogP contribution is 2.20. The van der Waals surface area contributed by atoms with Crippen LogP contribution in [-0.4, -0.2) is 26.9 Å². The highest BCUT2D eigenvalue weighted by molar-refractivity contribution is 9.10. The van der Waals surface area contributed by atoms with Crippen molar-refractivity contribution in [2.45, 2.75) is 23.8 Å². The minimum Gasteiger partial charge on any atom is -0.355 e. The first kappa shape index (κ1) is 14.4. The third kappa shape index (κ3) is 3.31. The molecule has 1 heterocycles. The van der Waals surface area contributed by atoms with Crippen molar-refractivity contribution in [1.82, 2.24) is 10.0 Å². The van der Waals surface area contributed by atoms with E-state index in [-0.39, 0.29) is 5.91 Å². The minimum absolute atomic E-state index is 0.382. The number of benzene rings is 1. The summed E-state index contributed by atoms with van der Waals surface area (Å²) in [6.45, 7) is 0.531. The van der Waals surface area contributed by atoms with E-state index in [9.17, 15) is 17.6 Å². The van der Waals surface area contributed by atoms with Crippen molar-refractivity contribution in [1.29, 1.82) is 0 Å². The lowest BCUT2D eigenvalue weighted by atomic mass is 10.1. The topological polar surface area (TPSA) is 75.3 Å². The Morgan fingerprint density at radius 2 is 2.16 bits per heavy atom. The van der Waals surface area contributed by atoms with Crippen LogP contribution in [0.4, 0.5) is 4.39 Å². The van der Waals surface area contributed by atoms with Crippen molar-refractivity contribution in [3.63, 3.8) is 0 Å². The van der Waals surface area contributed by atoms with Gasteiger partial charge in [0, 0.05) is 11.0 Å². The summed E-state index contributed by atoms with van der Waals surface area (Å²) in [7, 11) is -4.05. The lowest BCUT2D eigenvalue weighted by Gasteiger charge is -2.22. The fraction of sp³-hybridized carbons (Fsp3) is 0.364. The van der Waals surface area contributed by atoms with Crippen LogP contribution in [0.1, 0.15) is 12.8 Å². The van der Waals surface area contributed by atoms with Gasteiger partial charge in [-0.05, 0) is 31.0 Å². The van der Waals surface area contributed by atoms with Crippen molar-refractivity contribution in [2.24, 2.45) is 0 Å². The predicted octanol–water partition coefficient (Wildman–Crippen LogP) is 1.15. The quantitative estimate of drug-likeness (QED) is 0.858. The number of hydrogen-bond acceptors (Lipinski definition) is 3. The number of sulfonamides is 1. The summed E-state index contributed by atoms with van der Waals surface area (Å²) in [6, 6.07) is 2.80. The Bertz CT molecular complexity index is 606. The van der Waals surface area contributed by atoms with Gasteiger partial charge in [-0.1, -0.05) is 15.9 Å². The molecular weight excluding hydrogens is 339 g/mol. The smallest absolute Gasteiger partial charge is 0.244 e. The Kier molecular flexibility index (Phi) is 4.22. The van der Waals surface area contributed by atoms with Crippen LogP contribution in [0.25, 0.3) is 0 Å². The van der Waals surface area contributed by atoms with E-state index in [1.807, 2.05) is 0 Å². The number of halogens is 2. The van der Waals surface area contributed by atoms with Crippen LogP contribution in [0.5, 0.6) is 0 Å². The number of carbonyl (C=O) groups excluding carboxylic acids is 1. The standard InChI is InChI=1S/C11H12BrFN2O3S/c12-7-3-4-10(8(13)6-7)19(17,18)15-9-2-1-5-14-11(9)16/h3-4,6,9,15H,1-2,5H2,(H,14,16). The molecule has 1 aliphatic heterocycles. The van der Waals surface area contributed by atoms with Gasteiger partial charge in [-0.25, -0.2) is 12.8 Å². The van der Waals surface area contributed by atoms with Gasteiger partial charge in [0.15, 0.2) is 0 Å². The highest BCUT2D eigenvalue weighted by atomic mass is 79.9. The molecule has 2 N–H and O–H groups in total. The molecule has 1 unspecified atom stereocenters. The zero-order chi connectivity index (χ0) is 14.0. The van der Waals surface area contributed by atoms with Gasteiger partial charge < -0.3 is 5.32 Å². The van der Waals surface area contributed by atoms with Gasteiger partial charge in [0.05, 0.1) is 0 Å². The van der Waals surface area contributed by atoms with Gasteiger partial charge in [-0.2, -0.15) is 4.72 Å². The van der Waals surface area contributed by atoms with Crippen LogP contribution in [0.3, 0.4) is 0 Å². The molecule has 0 radical (unpaired) electrons. The van der Waals surface area contributed by atoms with Crippen LogP contribution in [0, 0.1) is 5.82 Å². The van der Waals surface area contributed by atoms with Crippen molar-refractivity contribution in [3.8, 4) is 0 Å². The monoisotopic (exact) mass is 350 g/mol. The number of carbonyl (C=O) groups is 1. The van der Waals surface area contributed by atoms with Crippen molar-refractivity contribution < 1.29 is 17.6 Å². The molecule has 0 saturated carbocycles. The summed E-state index contributed by atoms with van der Waals surface area (Å²) in [5, 5.41) is 2.56. The van der Waals surface area contributed by atoms with E-state index in [4.69, 9.17) is 0 Å². The van der Waals surface area contributed by atoms with E-state index in [2.05, 4.69) is 26.0 Å². The number of piperidine rings is 1. The van der Waals surface area contributed by atoms with E-state index in [1.165, 1.54) is 6.07 Å². The Hall–Kier alpha value is -0.990. The summed E-state index contributed by atoms with van der Waals surface area (Å²) in [4.78, 5) is 11.0. The summed E-state index contributed by atoms with van der Waals surface area (Å²) >= 11 is 3.05. The summed E-state index contributed by atoms with van der Waals surface area (Å²) in [6.07, 6.45) is 1.09. The molecular formula is C11H12BrFN2O3S. The normalized spacial score (nSPS) is 20.1. The molecule has 1 saturated heterocycles. The number of hydrogen-bond donors (Lipinski definition) is 2. The molecule has 1 aromatic rings. The number of nitrogens with one attached hydrogen (secondary N) is 2. The molecule has 1 aliphatic rings. The molecule has 2 rings (SSSR count). The van der Waals surface area contributed by atoms with E-state index in [0.29, 0.717) is 23.9 Å². The largest absolute Gasteiger partial charge is 0.355 e. The van der Waals surface area contributed by atoms with E-state index in [0.717, 1.165) is 12.1 Å². The average molecular weight is 351 g/mol. The maximum absolute atomic E-state index is 13.6. The molecule has 1 aromatic carbocycles. The molecule has 0 spiro atoms. The molecule has 19 heavy (non-hydrogen) atoms. The van der Waals surface area contributed by atoms with E-state index < -0.39 is 26.8 Å². The second-order valence-corrected chi connectivity index (χ2v) is 6.78. The van der Waals surface area contributed by atoms with Crippen LogP contribution in [-0.2, 0) is 14.8 Å². The predicted molar refractivity (Wildman–Crippen MR) is 70.5 cm³/mol. The second kappa shape index (κ2) is 5.56. The first-order valence-electron chi connectivity index (χ1n) is 5.65. The summed E-state index contributed by atoms with van der Waals surface area (Å²) in [5.74, 6) is -1.24. The van der Waals surface area contributed by atoms with Gasteiger partial charge in [0.1, 0.15) is 16.8 Å². The van der Waals surface area contributed by atoms with Crippen LogP contribution in [0.15, 0.2) is 27.6 Å². The van der Waals surface area contributed by atoms with Crippen molar-refractivity contribution in [3.05, 3.63) is 28.5 Å². The van der Waals surface area contributed by atoms with Crippen molar-refractivity contribution in [2.75, 3.05) is 6.54 Å². The van der Waals surface area contributed by atoms with Gasteiger partial charge >= 0.3 is 0 Å². The second-order valence-electron chi connectivity index (χ2n) is 4.18. The molecule has 104 valence electrons. The highest BCUT2D eigenvalue weighted by Gasteiger charge is 2.29. The lowest BCUT2D eigenvalue weighted by Crippen LogP contribution is -2.50. The van der Waals surface area contributed by atoms with E-state index >= 15 is 0 Å². The zero-order valence-corrected chi connectivity index (χ0v) is 12.2. The van der Waals surface area contributed by atoms with Gasteiger partial charge in [0.2, 0.25) is 15.9 Å². The molecule has 1 atom stereocenters. The Balaban J connectivity index is 2.24. The SMILES string of the molecule is O=C1NCCCC1NS(=O)(=O)c1ccc(Br)cc1F. The third-order valence-corrected chi connectivity index (χ3v) is 4.76. The Labute approximate surface area is 118 Å². The first-order chi connectivity index (χ1) is 8.90. The molecule has 0 aromatic heterocycles. The Morgan fingerprint density at radius 1 is 1.42 bits per heavy atom.